The molecule has 0 saturated carbocycles. The van der Waals surface area contributed by atoms with E-state index in [1.54, 1.807) is 0 Å². The van der Waals surface area contributed by atoms with Gasteiger partial charge in [-0.3, -0.25) is 4.57 Å². The predicted molar refractivity (Wildman–Crippen MR) is 244 cm³/mol. The van der Waals surface area contributed by atoms with Gasteiger partial charge in [0.15, 0.2) is 0 Å². The predicted octanol–water partition coefficient (Wildman–Crippen LogP) is 14.2. The molecule has 0 radical (unpaired) electrons. The van der Waals surface area contributed by atoms with Crippen LogP contribution in [0.3, 0.4) is 0 Å². The van der Waals surface area contributed by atoms with Gasteiger partial charge in [0.05, 0.1) is 44.4 Å². The molecule has 0 fully saturated rings. The highest BCUT2D eigenvalue weighted by molar-refractivity contribution is 6.34. The molecular formula is C54H32N4O. The molecule has 274 valence electrons. The van der Waals surface area contributed by atoms with Crippen molar-refractivity contribution in [2.24, 2.45) is 0 Å². The van der Waals surface area contributed by atoms with E-state index in [2.05, 4.69) is 191 Å². The van der Waals surface area contributed by atoms with E-state index in [0.717, 1.165) is 88.2 Å². The Kier molecular flexibility index (Phi) is 6.66. The maximum absolute atomic E-state index is 6.88. The summed E-state index contributed by atoms with van der Waals surface area (Å²) >= 11 is 0. The Morgan fingerprint density at radius 2 is 0.983 bits per heavy atom. The zero-order chi connectivity index (χ0) is 38.6. The van der Waals surface area contributed by atoms with Gasteiger partial charge in [0.2, 0.25) is 5.95 Å². The van der Waals surface area contributed by atoms with E-state index in [9.17, 15) is 0 Å². The van der Waals surface area contributed by atoms with Crippen LogP contribution in [0.15, 0.2) is 199 Å². The minimum absolute atomic E-state index is 0.610. The molecule has 5 heteroatoms. The number of benzene rings is 9. The van der Waals surface area contributed by atoms with Gasteiger partial charge in [-0.15, -0.1) is 0 Å². The van der Waals surface area contributed by atoms with Crippen molar-refractivity contribution >= 4 is 87.2 Å². The summed E-state index contributed by atoms with van der Waals surface area (Å²) in [5, 5.41) is 10.1. The number of nitrogens with zero attached hydrogens (tertiary/aromatic N) is 4. The lowest BCUT2D eigenvalue weighted by Crippen LogP contribution is -2.03. The summed E-state index contributed by atoms with van der Waals surface area (Å²) in [7, 11) is 0. The standard InChI is InChI=1S/C54H32N4O/c1-2-13-33(14-3-1)34-25-27-36(28-26-34)52-40-19-6-9-21-42(40)55-54(56-52)58-46-32-31-45-49(50(46)51-47(58)30-29-39-38-18-8-11-24-48(38)59-53(39)51)41-20-7-10-22-44(41)57(45)43-23-12-16-35-15-4-5-17-37(35)43/h1-32H. The molecule has 13 rings (SSSR count). The van der Waals surface area contributed by atoms with Crippen LogP contribution in [0.5, 0.6) is 0 Å². The molecular weight excluding hydrogens is 721 g/mol. The highest BCUT2D eigenvalue weighted by atomic mass is 16.3. The van der Waals surface area contributed by atoms with Gasteiger partial charge in [0, 0.05) is 43.3 Å². The number of furan rings is 1. The molecule has 0 bridgehead atoms. The van der Waals surface area contributed by atoms with Crippen LogP contribution in [0.4, 0.5) is 0 Å². The SMILES string of the molecule is c1ccc(-c2ccc(-c3nc(-n4c5ccc6c7ccccc7oc6c5c5c6c7ccccc7n(-c7cccc8ccccc78)c6ccc54)nc4ccccc34)cc2)cc1. The van der Waals surface area contributed by atoms with Gasteiger partial charge in [-0.05, 0) is 65.0 Å². The van der Waals surface area contributed by atoms with Crippen molar-refractivity contribution < 1.29 is 4.42 Å². The molecule has 13 aromatic rings. The fraction of sp³-hybridized carbons (Fsp3) is 0. The fourth-order valence-corrected chi connectivity index (χ4v) is 9.54. The zero-order valence-electron chi connectivity index (χ0n) is 31.7. The van der Waals surface area contributed by atoms with Gasteiger partial charge >= 0.3 is 0 Å². The van der Waals surface area contributed by atoms with Crippen molar-refractivity contribution in [3.63, 3.8) is 0 Å². The van der Waals surface area contributed by atoms with Gasteiger partial charge < -0.3 is 8.98 Å². The third kappa shape index (κ3) is 4.61. The van der Waals surface area contributed by atoms with Gasteiger partial charge in [-0.1, -0.05) is 146 Å². The summed E-state index contributed by atoms with van der Waals surface area (Å²) in [5.74, 6) is 0.610. The smallest absolute Gasteiger partial charge is 0.235 e. The molecule has 0 atom stereocenters. The molecule has 0 N–H and O–H groups in total. The quantitative estimate of drug-likeness (QED) is 0.180. The minimum atomic E-state index is 0.610. The third-order valence-corrected chi connectivity index (χ3v) is 12.1. The Bertz CT molecular complexity index is 3830. The Hall–Kier alpha value is -8.02. The molecule has 0 aliphatic carbocycles. The van der Waals surface area contributed by atoms with E-state index in [4.69, 9.17) is 14.4 Å². The summed E-state index contributed by atoms with van der Waals surface area (Å²) in [4.78, 5) is 10.8. The molecule has 0 aliphatic heterocycles. The number of aromatic nitrogens is 4. The number of para-hydroxylation sites is 3. The summed E-state index contributed by atoms with van der Waals surface area (Å²) < 4.78 is 11.6. The van der Waals surface area contributed by atoms with Crippen LogP contribution in [0, 0.1) is 0 Å². The van der Waals surface area contributed by atoms with Gasteiger partial charge in [0.25, 0.3) is 0 Å². The van der Waals surface area contributed by atoms with E-state index < -0.39 is 0 Å². The average molecular weight is 753 g/mol. The second-order valence-electron chi connectivity index (χ2n) is 15.3. The van der Waals surface area contributed by atoms with Crippen molar-refractivity contribution in [1.29, 1.82) is 0 Å². The normalized spacial score (nSPS) is 12.1. The highest BCUT2D eigenvalue weighted by Gasteiger charge is 2.25. The first kappa shape index (κ1) is 32.1. The largest absolute Gasteiger partial charge is 0.455 e. The van der Waals surface area contributed by atoms with Crippen LogP contribution < -0.4 is 0 Å². The van der Waals surface area contributed by atoms with Crippen LogP contribution in [0.2, 0.25) is 0 Å². The molecule has 9 aromatic carbocycles. The average Bonchev–Trinajstić information content (AvgIpc) is 3.96. The first-order valence-corrected chi connectivity index (χ1v) is 20.0. The number of hydrogen-bond donors (Lipinski definition) is 0. The molecule has 0 saturated heterocycles. The number of rotatable bonds is 4. The molecule has 4 aromatic heterocycles. The van der Waals surface area contributed by atoms with Crippen LogP contribution in [0.1, 0.15) is 0 Å². The highest BCUT2D eigenvalue weighted by Crippen LogP contribution is 2.46. The lowest BCUT2D eigenvalue weighted by atomic mass is 10.0. The van der Waals surface area contributed by atoms with Gasteiger partial charge in [-0.2, -0.15) is 0 Å². The number of fused-ring (bicyclic) bond motifs is 13. The van der Waals surface area contributed by atoms with Crippen molar-refractivity contribution in [2.45, 2.75) is 0 Å². The first-order valence-electron chi connectivity index (χ1n) is 20.0. The first-order chi connectivity index (χ1) is 29.3. The topological polar surface area (TPSA) is 48.8 Å². The zero-order valence-corrected chi connectivity index (χ0v) is 31.7. The second-order valence-corrected chi connectivity index (χ2v) is 15.3. The lowest BCUT2D eigenvalue weighted by Gasteiger charge is -2.13. The van der Waals surface area contributed by atoms with Crippen molar-refractivity contribution in [2.75, 3.05) is 0 Å². The number of hydrogen-bond acceptors (Lipinski definition) is 3. The third-order valence-electron chi connectivity index (χ3n) is 12.1. The van der Waals surface area contributed by atoms with E-state index in [1.165, 1.54) is 27.1 Å². The molecule has 5 nitrogen and oxygen atoms in total. The maximum Gasteiger partial charge on any atom is 0.235 e. The Morgan fingerprint density at radius 1 is 0.356 bits per heavy atom. The molecule has 0 unspecified atom stereocenters. The van der Waals surface area contributed by atoms with E-state index in [1.807, 2.05) is 12.1 Å². The molecule has 0 aliphatic rings. The van der Waals surface area contributed by atoms with E-state index >= 15 is 0 Å². The van der Waals surface area contributed by atoms with Crippen LogP contribution in [-0.2, 0) is 0 Å². The molecule has 59 heavy (non-hydrogen) atoms. The van der Waals surface area contributed by atoms with Crippen molar-refractivity contribution in [3.05, 3.63) is 194 Å². The summed E-state index contributed by atoms with van der Waals surface area (Å²) in [5.41, 5.74) is 12.3. The summed E-state index contributed by atoms with van der Waals surface area (Å²) in [6.07, 6.45) is 0. The molecule has 4 heterocycles. The lowest BCUT2D eigenvalue weighted by molar-refractivity contribution is 0.673. The summed E-state index contributed by atoms with van der Waals surface area (Å²) in [6.45, 7) is 0. The Morgan fingerprint density at radius 3 is 1.85 bits per heavy atom. The van der Waals surface area contributed by atoms with E-state index in [0.29, 0.717) is 5.95 Å². The Balaban J connectivity index is 1.16. The summed E-state index contributed by atoms with van der Waals surface area (Å²) in [6, 6.07) is 68.8. The Labute approximate surface area is 337 Å². The van der Waals surface area contributed by atoms with Gasteiger partial charge in [0.1, 0.15) is 11.2 Å². The van der Waals surface area contributed by atoms with Gasteiger partial charge in [-0.25, -0.2) is 9.97 Å². The monoisotopic (exact) mass is 752 g/mol. The molecule has 0 spiro atoms. The maximum atomic E-state index is 6.88. The van der Waals surface area contributed by atoms with Crippen molar-refractivity contribution in [3.8, 4) is 34.0 Å². The fourth-order valence-electron chi connectivity index (χ4n) is 9.54. The van der Waals surface area contributed by atoms with Crippen LogP contribution >= 0.6 is 0 Å². The molecule has 0 amide bonds. The minimum Gasteiger partial charge on any atom is -0.455 e. The van der Waals surface area contributed by atoms with Crippen LogP contribution in [-0.4, -0.2) is 19.1 Å². The van der Waals surface area contributed by atoms with Crippen LogP contribution in [0.25, 0.3) is 121 Å². The van der Waals surface area contributed by atoms with Crippen molar-refractivity contribution in [1.82, 2.24) is 19.1 Å². The second kappa shape index (κ2) is 12.2. The van der Waals surface area contributed by atoms with E-state index in [-0.39, 0.29) is 0 Å².